The zero-order valence-corrected chi connectivity index (χ0v) is 18.8. The van der Waals surface area contributed by atoms with Crippen molar-refractivity contribution in [3.05, 3.63) is 24.3 Å². The van der Waals surface area contributed by atoms with Crippen LogP contribution >= 0.6 is 0 Å². The second kappa shape index (κ2) is 19.6. The number of hydrogen-bond donors (Lipinski definition) is 3. The van der Waals surface area contributed by atoms with Gasteiger partial charge in [-0.2, -0.15) is 0 Å². The Bertz CT molecular complexity index is 438. The van der Waals surface area contributed by atoms with Crippen LogP contribution in [0.5, 0.6) is 0 Å². The average Bonchev–Trinajstić information content (AvgIpc) is 2.67. The molecule has 1 unspecified atom stereocenters. The molecule has 29 heavy (non-hydrogen) atoms. The van der Waals surface area contributed by atoms with Gasteiger partial charge in [-0.3, -0.25) is 14.5 Å². The number of allylic oxidation sites excluding steroid dienone is 2. The first-order chi connectivity index (χ1) is 14.0. The minimum absolute atomic E-state index is 0.0833. The van der Waals surface area contributed by atoms with Gasteiger partial charge in [0.25, 0.3) is 0 Å². The van der Waals surface area contributed by atoms with Crippen molar-refractivity contribution in [2.24, 2.45) is 0 Å². The predicted octanol–water partition coefficient (Wildman–Crippen LogP) is 3.17. The van der Waals surface area contributed by atoms with Crippen LogP contribution in [0.3, 0.4) is 0 Å². The van der Waals surface area contributed by atoms with Crippen LogP contribution in [0.2, 0.25) is 0 Å². The number of rotatable bonds is 18. The highest BCUT2D eigenvalue weighted by Gasteiger charge is 2.09. The summed E-state index contributed by atoms with van der Waals surface area (Å²) in [5.41, 5.74) is 0. The van der Waals surface area contributed by atoms with Crippen LogP contribution in [0.1, 0.15) is 72.1 Å². The van der Waals surface area contributed by atoms with Gasteiger partial charge >= 0.3 is 0 Å². The Labute approximate surface area is 177 Å². The molecule has 0 spiro atoms. The third kappa shape index (κ3) is 19.4. The fraction of sp³-hybridized carbons (Fsp3) is 0.739. The highest BCUT2D eigenvalue weighted by Crippen LogP contribution is 2.00. The SMILES string of the molecule is CCCCC/C=C/C(=O)NCCN(CCNC(=O)/C=C/CCCCC)CC(C)O. The van der Waals surface area contributed by atoms with E-state index in [1.165, 1.54) is 25.7 Å². The molecule has 6 nitrogen and oxygen atoms in total. The lowest BCUT2D eigenvalue weighted by molar-refractivity contribution is -0.117. The third-order valence-electron chi connectivity index (χ3n) is 4.46. The molecule has 0 aliphatic heterocycles. The molecule has 0 radical (unpaired) electrons. The molecule has 6 heteroatoms. The minimum Gasteiger partial charge on any atom is -0.392 e. The van der Waals surface area contributed by atoms with Gasteiger partial charge < -0.3 is 15.7 Å². The highest BCUT2D eigenvalue weighted by atomic mass is 16.3. The smallest absolute Gasteiger partial charge is 0.243 e. The molecule has 0 bridgehead atoms. The summed E-state index contributed by atoms with van der Waals surface area (Å²) in [6.45, 7) is 8.84. The lowest BCUT2D eigenvalue weighted by Crippen LogP contribution is -2.41. The summed E-state index contributed by atoms with van der Waals surface area (Å²) in [5.74, 6) is -0.167. The van der Waals surface area contributed by atoms with Crippen molar-refractivity contribution in [3.63, 3.8) is 0 Å². The van der Waals surface area contributed by atoms with Crippen molar-refractivity contribution < 1.29 is 14.7 Å². The quantitative estimate of drug-likeness (QED) is 0.240. The van der Waals surface area contributed by atoms with Crippen molar-refractivity contribution in [2.45, 2.75) is 78.2 Å². The summed E-state index contributed by atoms with van der Waals surface area (Å²) in [6.07, 6.45) is 15.4. The molecule has 0 aromatic carbocycles. The summed E-state index contributed by atoms with van der Waals surface area (Å²) in [6, 6.07) is 0. The van der Waals surface area contributed by atoms with Gasteiger partial charge in [-0.05, 0) is 44.8 Å². The molecule has 0 aromatic heterocycles. The largest absolute Gasteiger partial charge is 0.392 e. The van der Waals surface area contributed by atoms with Crippen molar-refractivity contribution in [2.75, 3.05) is 32.7 Å². The number of amides is 2. The first-order valence-corrected chi connectivity index (χ1v) is 11.3. The van der Waals surface area contributed by atoms with Gasteiger partial charge in [0, 0.05) is 32.7 Å². The molecule has 0 rings (SSSR count). The van der Waals surface area contributed by atoms with Gasteiger partial charge in [-0.15, -0.1) is 0 Å². The van der Waals surface area contributed by atoms with E-state index in [-0.39, 0.29) is 11.8 Å². The second-order valence-electron chi connectivity index (χ2n) is 7.53. The summed E-state index contributed by atoms with van der Waals surface area (Å²) >= 11 is 0. The summed E-state index contributed by atoms with van der Waals surface area (Å²) < 4.78 is 0. The topological polar surface area (TPSA) is 81.7 Å². The Kier molecular flexibility index (Phi) is 18.5. The molecule has 0 saturated heterocycles. The zero-order chi connectivity index (χ0) is 21.7. The van der Waals surface area contributed by atoms with Crippen molar-refractivity contribution in [1.29, 1.82) is 0 Å². The van der Waals surface area contributed by atoms with Crippen molar-refractivity contribution in [3.8, 4) is 0 Å². The maximum Gasteiger partial charge on any atom is 0.243 e. The summed E-state index contributed by atoms with van der Waals surface area (Å²) in [5, 5.41) is 15.4. The van der Waals surface area contributed by atoms with E-state index in [0.717, 1.165) is 25.7 Å². The van der Waals surface area contributed by atoms with E-state index in [1.54, 1.807) is 19.1 Å². The molecule has 0 fully saturated rings. The minimum atomic E-state index is -0.460. The normalized spacial score (nSPS) is 12.7. The number of nitrogens with one attached hydrogen (secondary N) is 2. The fourth-order valence-electron chi connectivity index (χ4n) is 2.87. The lowest BCUT2D eigenvalue weighted by Gasteiger charge is -2.23. The summed E-state index contributed by atoms with van der Waals surface area (Å²) in [4.78, 5) is 25.7. The van der Waals surface area contributed by atoms with Crippen LogP contribution in [-0.4, -0.2) is 60.6 Å². The Balaban J connectivity index is 4.07. The molecule has 1 atom stereocenters. The van der Waals surface area contributed by atoms with E-state index in [4.69, 9.17) is 0 Å². The van der Waals surface area contributed by atoms with Gasteiger partial charge in [-0.1, -0.05) is 51.7 Å². The number of carbonyl (C=O) groups excluding carboxylic acids is 2. The van der Waals surface area contributed by atoms with Crippen LogP contribution in [0.25, 0.3) is 0 Å². The number of aliphatic hydroxyl groups is 1. The zero-order valence-electron chi connectivity index (χ0n) is 18.8. The van der Waals surface area contributed by atoms with Crippen LogP contribution in [0.4, 0.5) is 0 Å². The van der Waals surface area contributed by atoms with Gasteiger partial charge in [-0.25, -0.2) is 0 Å². The molecule has 168 valence electrons. The van der Waals surface area contributed by atoms with Gasteiger partial charge in [0.2, 0.25) is 11.8 Å². The first kappa shape index (κ1) is 27.3. The van der Waals surface area contributed by atoms with E-state index >= 15 is 0 Å². The highest BCUT2D eigenvalue weighted by molar-refractivity contribution is 5.87. The van der Waals surface area contributed by atoms with E-state index in [1.807, 2.05) is 17.1 Å². The number of hydrogen-bond acceptors (Lipinski definition) is 4. The van der Waals surface area contributed by atoms with Gasteiger partial charge in [0.05, 0.1) is 6.10 Å². The molecular weight excluding hydrogens is 366 g/mol. The van der Waals surface area contributed by atoms with Crippen molar-refractivity contribution >= 4 is 11.8 Å². The number of unbranched alkanes of at least 4 members (excludes halogenated alkanes) is 6. The van der Waals surface area contributed by atoms with Crippen LogP contribution in [0.15, 0.2) is 24.3 Å². The van der Waals surface area contributed by atoms with Gasteiger partial charge in [0.1, 0.15) is 0 Å². The number of carbonyl (C=O) groups is 2. The first-order valence-electron chi connectivity index (χ1n) is 11.3. The number of nitrogens with zero attached hydrogens (tertiary/aromatic N) is 1. The number of aliphatic hydroxyl groups excluding tert-OH is 1. The molecule has 0 saturated carbocycles. The Morgan fingerprint density at radius 3 is 1.69 bits per heavy atom. The molecule has 0 aliphatic carbocycles. The van der Waals surface area contributed by atoms with E-state index in [0.29, 0.717) is 32.7 Å². The molecule has 0 aromatic rings. The fourth-order valence-corrected chi connectivity index (χ4v) is 2.87. The standard InChI is InChI=1S/C23H43N3O3/c1-4-6-8-10-12-14-22(28)24-16-18-26(20-21(3)27)19-17-25-23(29)15-13-11-9-7-5-2/h12-15,21,27H,4-11,16-20H2,1-3H3,(H,24,28)(H,25,29)/b14-12+,15-13+. The van der Waals surface area contributed by atoms with Gasteiger partial charge in [0.15, 0.2) is 0 Å². The van der Waals surface area contributed by atoms with E-state index in [2.05, 4.69) is 24.5 Å². The summed E-state index contributed by atoms with van der Waals surface area (Å²) in [7, 11) is 0. The predicted molar refractivity (Wildman–Crippen MR) is 121 cm³/mol. The molecular formula is C23H43N3O3. The van der Waals surface area contributed by atoms with E-state index in [9.17, 15) is 14.7 Å². The maximum atomic E-state index is 11.8. The van der Waals surface area contributed by atoms with Crippen LogP contribution < -0.4 is 10.6 Å². The third-order valence-corrected chi connectivity index (χ3v) is 4.46. The maximum absolute atomic E-state index is 11.8. The second-order valence-corrected chi connectivity index (χ2v) is 7.53. The Morgan fingerprint density at radius 1 is 0.862 bits per heavy atom. The van der Waals surface area contributed by atoms with E-state index < -0.39 is 6.10 Å². The van der Waals surface area contributed by atoms with Crippen LogP contribution in [-0.2, 0) is 9.59 Å². The Morgan fingerprint density at radius 2 is 1.31 bits per heavy atom. The molecule has 2 amide bonds. The Hall–Kier alpha value is -1.66. The molecule has 0 aliphatic rings. The lowest BCUT2D eigenvalue weighted by atomic mass is 10.2. The molecule has 3 N–H and O–H groups in total. The van der Waals surface area contributed by atoms with Crippen LogP contribution in [0, 0.1) is 0 Å². The molecule has 0 heterocycles. The monoisotopic (exact) mass is 409 g/mol. The average molecular weight is 410 g/mol. The van der Waals surface area contributed by atoms with Crippen molar-refractivity contribution in [1.82, 2.24) is 15.5 Å².